The second-order valence-corrected chi connectivity index (χ2v) is 3.34. The van der Waals surface area contributed by atoms with Crippen molar-refractivity contribution in [2.75, 3.05) is 5.73 Å². The Hall–Kier alpha value is -1.88. The number of aromatic nitrogens is 3. The van der Waals surface area contributed by atoms with Crippen molar-refractivity contribution < 1.29 is 0 Å². The van der Waals surface area contributed by atoms with Gasteiger partial charge in [0, 0.05) is 13.0 Å². The summed E-state index contributed by atoms with van der Waals surface area (Å²) in [4.78, 5) is 4.03. The maximum absolute atomic E-state index is 5.51. The van der Waals surface area contributed by atoms with E-state index in [-0.39, 0.29) is 5.95 Å². The van der Waals surface area contributed by atoms with Crippen LogP contribution < -0.4 is 11.5 Å². The fourth-order valence-corrected chi connectivity index (χ4v) is 1.38. The first-order chi connectivity index (χ1) is 7.28. The third-order valence-electron chi connectivity index (χ3n) is 2.18. The van der Waals surface area contributed by atoms with Crippen LogP contribution in [0, 0.1) is 0 Å². The second kappa shape index (κ2) is 4.10. The summed E-state index contributed by atoms with van der Waals surface area (Å²) in [5, 5.41) is 6.54. The van der Waals surface area contributed by atoms with E-state index < -0.39 is 0 Å². The highest BCUT2D eigenvalue weighted by molar-refractivity contribution is 5.25. The van der Waals surface area contributed by atoms with Gasteiger partial charge in [0.05, 0.1) is 0 Å². The zero-order valence-electron chi connectivity index (χ0n) is 8.27. The normalized spacial score (nSPS) is 10.5. The standard InChI is InChI=1S/C10H13N5/c11-6-8-3-1-7(2-4-8)5-9-13-10(12)15-14-9/h1-4H,5-6,11H2,(H3,12,13,14,15). The van der Waals surface area contributed by atoms with E-state index in [1.54, 1.807) is 0 Å². The number of H-pyrrole nitrogens is 1. The Kier molecular flexibility index (Phi) is 2.64. The average molecular weight is 203 g/mol. The van der Waals surface area contributed by atoms with E-state index in [4.69, 9.17) is 11.5 Å². The first-order valence-electron chi connectivity index (χ1n) is 4.72. The molecule has 15 heavy (non-hydrogen) atoms. The van der Waals surface area contributed by atoms with Gasteiger partial charge in [0.15, 0.2) is 0 Å². The zero-order chi connectivity index (χ0) is 10.7. The second-order valence-electron chi connectivity index (χ2n) is 3.34. The molecule has 5 nitrogen and oxygen atoms in total. The quantitative estimate of drug-likeness (QED) is 0.674. The zero-order valence-corrected chi connectivity index (χ0v) is 8.27. The predicted octanol–water partition coefficient (Wildman–Crippen LogP) is 0.436. The number of hydrogen-bond acceptors (Lipinski definition) is 4. The Morgan fingerprint density at radius 3 is 2.33 bits per heavy atom. The molecular weight excluding hydrogens is 190 g/mol. The van der Waals surface area contributed by atoms with Gasteiger partial charge in [-0.15, -0.1) is 5.10 Å². The van der Waals surface area contributed by atoms with Gasteiger partial charge in [0.2, 0.25) is 5.95 Å². The molecule has 5 heteroatoms. The van der Waals surface area contributed by atoms with Gasteiger partial charge in [-0.25, -0.2) is 0 Å². The number of anilines is 1. The molecule has 0 bridgehead atoms. The molecule has 0 saturated heterocycles. The Balaban J connectivity index is 2.11. The maximum atomic E-state index is 5.51. The number of hydrogen-bond donors (Lipinski definition) is 3. The summed E-state index contributed by atoms with van der Waals surface area (Å²) in [6.07, 6.45) is 0.703. The SMILES string of the molecule is NCc1ccc(Cc2nc(N)n[nH]2)cc1. The van der Waals surface area contributed by atoms with E-state index in [1.165, 1.54) is 0 Å². The highest BCUT2D eigenvalue weighted by atomic mass is 15.3. The van der Waals surface area contributed by atoms with Crippen LogP contribution in [0.5, 0.6) is 0 Å². The summed E-state index contributed by atoms with van der Waals surface area (Å²) in [6, 6.07) is 8.08. The van der Waals surface area contributed by atoms with E-state index >= 15 is 0 Å². The molecule has 1 heterocycles. The Labute approximate surface area is 87.5 Å². The number of nitrogen functional groups attached to an aromatic ring is 1. The van der Waals surface area contributed by atoms with E-state index in [0.717, 1.165) is 17.0 Å². The summed E-state index contributed by atoms with van der Waals surface area (Å²) < 4.78 is 0. The topological polar surface area (TPSA) is 93.6 Å². The lowest BCUT2D eigenvalue weighted by Crippen LogP contribution is -1.97. The van der Waals surface area contributed by atoms with Gasteiger partial charge < -0.3 is 11.5 Å². The van der Waals surface area contributed by atoms with E-state index in [9.17, 15) is 0 Å². The van der Waals surface area contributed by atoms with Gasteiger partial charge in [-0.1, -0.05) is 24.3 Å². The fraction of sp³-hybridized carbons (Fsp3) is 0.200. The fourth-order valence-electron chi connectivity index (χ4n) is 1.38. The number of nitrogens with zero attached hydrogens (tertiary/aromatic N) is 2. The maximum Gasteiger partial charge on any atom is 0.239 e. The van der Waals surface area contributed by atoms with Crippen LogP contribution in [-0.4, -0.2) is 15.2 Å². The van der Waals surface area contributed by atoms with Crippen molar-refractivity contribution in [1.29, 1.82) is 0 Å². The van der Waals surface area contributed by atoms with Gasteiger partial charge in [-0.05, 0) is 11.1 Å². The molecule has 2 rings (SSSR count). The van der Waals surface area contributed by atoms with E-state index in [2.05, 4.69) is 15.2 Å². The van der Waals surface area contributed by atoms with Crippen molar-refractivity contribution in [2.45, 2.75) is 13.0 Å². The lowest BCUT2D eigenvalue weighted by molar-refractivity contribution is 0.969. The molecule has 0 aliphatic rings. The van der Waals surface area contributed by atoms with Gasteiger partial charge in [0.25, 0.3) is 0 Å². The van der Waals surface area contributed by atoms with Crippen LogP contribution in [0.3, 0.4) is 0 Å². The third-order valence-corrected chi connectivity index (χ3v) is 2.18. The highest BCUT2D eigenvalue weighted by Gasteiger charge is 2.01. The number of benzene rings is 1. The molecule has 0 aliphatic carbocycles. The van der Waals surface area contributed by atoms with Crippen LogP contribution in [0.15, 0.2) is 24.3 Å². The molecule has 0 radical (unpaired) electrons. The molecule has 0 saturated carbocycles. The monoisotopic (exact) mass is 203 g/mol. The van der Waals surface area contributed by atoms with E-state index in [1.807, 2.05) is 24.3 Å². The summed E-state index contributed by atoms with van der Waals surface area (Å²) >= 11 is 0. The average Bonchev–Trinajstić information content (AvgIpc) is 2.65. The molecule has 0 spiro atoms. The summed E-state index contributed by atoms with van der Waals surface area (Å²) in [5.41, 5.74) is 13.2. The number of aromatic amines is 1. The Morgan fingerprint density at radius 2 is 1.80 bits per heavy atom. The van der Waals surface area contributed by atoms with Crippen LogP contribution in [0.25, 0.3) is 0 Å². The first kappa shape index (κ1) is 9.67. The van der Waals surface area contributed by atoms with Crippen LogP contribution in [0.4, 0.5) is 5.95 Å². The van der Waals surface area contributed by atoms with Crippen LogP contribution in [0.1, 0.15) is 17.0 Å². The molecule has 0 fully saturated rings. The molecule has 0 atom stereocenters. The molecule has 2 aromatic rings. The number of nitrogens with two attached hydrogens (primary N) is 2. The van der Waals surface area contributed by atoms with Crippen molar-refractivity contribution in [3.8, 4) is 0 Å². The first-order valence-corrected chi connectivity index (χ1v) is 4.72. The summed E-state index contributed by atoms with van der Waals surface area (Å²) in [7, 11) is 0. The molecular formula is C10H13N5. The van der Waals surface area contributed by atoms with E-state index in [0.29, 0.717) is 13.0 Å². The smallest absolute Gasteiger partial charge is 0.239 e. The molecule has 5 N–H and O–H groups in total. The largest absolute Gasteiger partial charge is 0.367 e. The number of nitrogens with one attached hydrogen (secondary N) is 1. The molecule has 1 aromatic heterocycles. The van der Waals surface area contributed by atoms with Crippen molar-refractivity contribution in [3.05, 3.63) is 41.2 Å². The van der Waals surface area contributed by atoms with Gasteiger partial charge in [-0.3, -0.25) is 5.10 Å². The lowest BCUT2D eigenvalue weighted by atomic mass is 10.1. The predicted molar refractivity (Wildman–Crippen MR) is 57.9 cm³/mol. The minimum absolute atomic E-state index is 0.281. The van der Waals surface area contributed by atoms with Gasteiger partial charge in [0.1, 0.15) is 5.82 Å². The summed E-state index contributed by atoms with van der Waals surface area (Å²) in [5.74, 6) is 1.05. The van der Waals surface area contributed by atoms with Crippen LogP contribution >= 0.6 is 0 Å². The van der Waals surface area contributed by atoms with Gasteiger partial charge >= 0.3 is 0 Å². The third kappa shape index (κ3) is 2.32. The summed E-state index contributed by atoms with van der Waals surface area (Å²) in [6.45, 7) is 0.565. The van der Waals surface area contributed by atoms with Crippen LogP contribution in [-0.2, 0) is 13.0 Å². The van der Waals surface area contributed by atoms with Crippen molar-refractivity contribution >= 4 is 5.95 Å². The molecule has 0 aliphatic heterocycles. The molecule has 78 valence electrons. The molecule has 0 unspecified atom stereocenters. The van der Waals surface area contributed by atoms with Crippen molar-refractivity contribution in [1.82, 2.24) is 15.2 Å². The number of rotatable bonds is 3. The van der Waals surface area contributed by atoms with Gasteiger partial charge in [-0.2, -0.15) is 4.98 Å². The Morgan fingerprint density at radius 1 is 1.13 bits per heavy atom. The van der Waals surface area contributed by atoms with Crippen molar-refractivity contribution in [3.63, 3.8) is 0 Å². The highest BCUT2D eigenvalue weighted by Crippen LogP contribution is 2.08. The Bertz CT molecular complexity index is 431. The molecule has 0 amide bonds. The van der Waals surface area contributed by atoms with Crippen molar-refractivity contribution in [2.24, 2.45) is 5.73 Å². The molecule has 1 aromatic carbocycles. The minimum Gasteiger partial charge on any atom is -0.367 e. The van der Waals surface area contributed by atoms with Crippen LogP contribution in [0.2, 0.25) is 0 Å². The minimum atomic E-state index is 0.281. The lowest BCUT2D eigenvalue weighted by Gasteiger charge is -1.99.